The highest BCUT2D eigenvalue weighted by molar-refractivity contribution is 6.30. The Balaban J connectivity index is 1.69. The summed E-state index contributed by atoms with van der Waals surface area (Å²) >= 11 is 5.83. The summed E-state index contributed by atoms with van der Waals surface area (Å²) < 4.78 is 5.68. The molecule has 0 bridgehead atoms. The van der Waals surface area contributed by atoms with Gasteiger partial charge in [-0.1, -0.05) is 11.6 Å². The van der Waals surface area contributed by atoms with Gasteiger partial charge in [-0.2, -0.15) is 0 Å². The summed E-state index contributed by atoms with van der Waals surface area (Å²) in [6, 6.07) is 6.85. The van der Waals surface area contributed by atoms with Crippen LogP contribution in [0.3, 0.4) is 0 Å². The van der Waals surface area contributed by atoms with E-state index in [2.05, 4.69) is 20.5 Å². The number of aliphatic imine (C=N–C) groups is 1. The van der Waals surface area contributed by atoms with E-state index in [1.165, 1.54) is 0 Å². The predicted molar refractivity (Wildman–Crippen MR) is 101 cm³/mol. The molecule has 1 saturated heterocycles. The Morgan fingerprint density at radius 1 is 1.24 bits per heavy atom. The molecule has 0 atom stereocenters. The van der Waals surface area contributed by atoms with E-state index >= 15 is 0 Å². The van der Waals surface area contributed by atoms with Gasteiger partial charge < -0.3 is 20.3 Å². The van der Waals surface area contributed by atoms with E-state index < -0.39 is 0 Å². The van der Waals surface area contributed by atoms with Crippen molar-refractivity contribution in [2.75, 3.05) is 39.8 Å². The molecule has 138 valence electrons. The van der Waals surface area contributed by atoms with Crippen LogP contribution < -0.4 is 10.6 Å². The summed E-state index contributed by atoms with van der Waals surface area (Å²) in [6.45, 7) is 5.81. The highest BCUT2D eigenvalue weighted by Gasteiger charge is 2.21. The third-order valence-electron chi connectivity index (χ3n) is 4.16. The molecule has 1 amide bonds. The second-order valence-electron chi connectivity index (χ2n) is 5.88. The van der Waals surface area contributed by atoms with E-state index in [1.54, 1.807) is 31.3 Å². The number of carbonyl (C=O) groups is 1. The maximum atomic E-state index is 12.0. The fourth-order valence-corrected chi connectivity index (χ4v) is 2.98. The average molecular weight is 367 g/mol. The van der Waals surface area contributed by atoms with E-state index in [4.69, 9.17) is 16.3 Å². The minimum atomic E-state index is -0.106. The maximum absolute atomic E-state index is 12.0. The first-order chi connectivity index (χ1) is 12.1. The van der Waals surface area contributed by atoms with Crippen LogP contribution in [-0.2, 0) is 4.74 Å². The van der Waals surface area contributed by atoms with Gasteiger partial charge in [0.05, 0.1) is 6.10 Å². The van der Waals surface area contributed by atoms with Crippen LogP contribution in [0, 0.1) is 0 Å². The van der Waals surface area contributed by atoms with Crippen LogP contribution in [0.15, 0.2) is 29.3 Å². The molecule has 0 aromatic heterocycles. The summed E-state index contributed by atoms with van der Waals surface area (Å²) in [5, 5.41) is 6.81. The van der Waals surface area contributed by atoms with Crippen molar-refractivity contribution < 1.29 is 9.53 Å². The molecule has 1 aliphatic heterocycles. The fraction of sp³-hybridized carbons (Fsp3) is 0.556. The van der Waals surface area contributed by atoms with Crippen LogP contribution in [0.2, 0.25) is 5.02 Å². The molecule has 0 spiro atoms. The third kappa shape index (κ3) is 6.21. The van der Waals surface area contributed by atoms with Crippen molar-refractivity contribution in [2.45, 2.75) is 25.9 Å². The van der Waals surface area contributed by atoms with Gasteiger partial charge in [0.25, 0.3) is 5.91 Å². The molecule has 0 saturated carbocycles. The fourth-order valence-electron chi connectivity index (χ4n) is 2.86. The molecule has 2 rings (SSSR count). The zero-order chi connectivity index (χ0) is 18.1. The number of hydrogen-bond acceptors (Lipinski definition) is 3. The zero-order valence-electron chi connectivity index (χ0n) is 14.9. The second kappa shape index (κ2) is 10.3. The standard InChI is InChI=1S/C18H27ClN4O2/c1-3-25-16-8-12-23(13-9-16)18(20-2)22-11-10-21-17(24)14-4-6-15(19)7-5-14/h4-7,16H,3,8-13H2,1-2H3,(H,20,22)(H,21,24). The average Bonchev–Trinajstić information content (AvgIpc) is 2.63. The number of hydrogen-bond donors (Lipinski definition) is 2. The number of guanidine groups is 1. The van der Waals surface area contributed by atoms with Gasteiger partial charge in [-0.05, 0) is 44.0 Å². The van der Waals surface area contributed by atoms with Gasteiger partial charge in [-0.15, -0.1) is 0 Å². The Bertz CT molecular complexity index is 569. The van der Waals surface area contributed by atoms with Crippen molar-refractivity contribution in [1.29, 1.82) is 0 Å². The highest BCUT2D eigenvalue weighted by atomic mass is 35.5. The van der Waals surface area contributed by atoms with Crippen molar-refractivity contribution in [1.82, 2.24) is 15.5 Å². The zero-order valence-corrected chi connectivity index (χ0v) is 15.7. The molecule has 0 radical (unpaired) electrons. The SMILES string of the molecule is CCOC1CCN(C(=NC)NCCNC(=O)c2ccc(Cl)cc2)CC1. The lowest BCUT2D eigenvalue weighted by molar-refractivity contribution is 0.0264. The number of ether oxygens (including phenoxy) is 1. The Labute approximate surface area is 154 Å². The molecule has 1 fully saturated rings. The van der Waals surface area contributed by atoms with Crippen molar-refractivity contribution in [2.24, 2.45) is 4.99 Å². The van der Waals surface area contributed by atoms with Crippen LogP contribution >= 0.6 is 11.6 Å². The van der Waals surface area contributed by atoms with Crippen molar-refractivity contribution >= 4 is 23.5 Å². The van der Waals surface area contributed by atoms with Gasteiger partial charge in [0.15, 0.2) is 5.96 Å². The molecule has 1 aliphatic rings. The third-order valence-corrected chi connectivity index (χ3v) is 4.41. The van der Waals surface area contributed by atoms with Crippen molar-refractivity contribution in [3.05, 3.63) is 34.9 Å². The largest absolute Gasteiger partial charge is 0.378 e. The number of rotatable bonds is 6. The Morgan fingerprint density at radius 2 is 1.88 bits per heavy atom. The summed E-state index contributed by atoms with van der Waals surface area (Å²) in [5.41, 5.74) is 0.603. The van der Waals surface area contributed by atoms with E-state index in [-0.39, 0.29) is 5.91 Å². The van der Waals surface area contributed by atoms with Gasteiger partial charge in [0, 0.05) is 50.4 Å². The van der Waals surface area contributed by atoms with Crippen LogP contribution in [0.1, 0.15) is 30.1 Å². The smallest absolute Gasteiger partial charge is 0.251 e. The van der Waals surface area contributed by atoms with Crippen molar-refractivity contribution in [3.8, 4) is 0 Å². The first-order valence-electron chi connectivity index (χ1n) is 8.75. The highest BCUT2D eigenvalue weighted by Crippen LogP contribution is 2.13. The second-order valence-corrected chi connectivity index (χ2v) is 6.31. The van der Waals surface area contributed by atoms with Gasteiger partial charge >= 0.3 is 0 Å². The molecule has 0 unspecified atom stereocenters. The van der Waals surface area contributed by atoms with Crippen LogP contribution in [-0.4, -0.2) is 62.7 Å². The summed E-state index contributed by atoms with van der Waals surface area (Å²) in [6.07, 6.45) is 2.39. The van der Waals surface area contributed by atoms with E-state index in [0.717, 1.165) is 38.5 Å². The quantitative estimate of drug-likeness (QED) is 0.460. The first kappa shape index (κ1) is 19.5. The lowest BCUT2D eigenvalue weighted by Gasteiger charge is -2.34. The molecule has 1 aromatic carbocycles. The molecule has 1 heterocycles. The Hall–Kier alpha value is -1.79. The van der Waals surface area contributed by atoms with E-state index in [1.807, 2.05) is 6.92 Å². The lowest BCUT2D eigenvalue weighted by atomic mass is 10.1. The minimum Gasteiger partial charge on any atom is -0.378 e. The number of amides is 1. The summed E-state index contributed by atoms with van der Waals surface area (Å²) in [5.74, 6) is 0.765. The number of piperidine rings is 1. The van der Waals surface area contributed by atoms with Crippen LogP contribution in [0.25, 0.3) is 0 Å². The summed E-state index contributed by atoms with van der Waals surface area (Å²) in [7, 11) is 1.78. The Kier molecular flexibility index (Phi) is 8.01. The topological polar surface area (TPSA) is 66.0 Å². The lowest BCUT2D eigenvalue weighted by Crippen LogP contribution is -2.48. The molecule has 2 N–H and O–H groups in total. The van der Waals surface area contributed by atoms with Gasteiger partial charge in [-0.25, -0.2) is 0 Å². The number of carbonyl (C=O) groups excluding carboxylic acids is 1. The monoisotopic (exact) mass is 366 g/mol. The Morgan fingerprint density at radius 3 is 2.48 bits per heavy atom. The van der Waals surface area contributed by atoms with Crippen LogP contribution in [0.4, 0.5) is 0 Å². The molecule has 7 heteroatoms. The van der Waals surface area contributed by atoms with Crippen molar-refractivity contribution in [3.63, 3.8) is 0 Å². The van der Waals surface area contributed by atoms with Crippen LogP contribution in [0.5, 0.6) is 0 Å². The first-order valence-corrected chi connectivity index (χ1v) is 9.12. The number of likely N-dealkylation sites (tertiary alicyclic amines) is 1. The predicted octanol–water partition coefficient (Wildman–Crippen LogP) is 2.15. The number of benzene rings is 1. The molecule has 6 nitrogen and oxygen atoms in total. The molecule has 1 aromatic rings. The minimum absolute atomic E-state index is 0.106. The molecular formula is C18H27ClN4O2. The van der Waals surface area contributed by atoms with Gasteiger partial charge in [0.2, 0.25) is 0 Å². The molecule has 25 heavy (non-hydrogen) atoms. The molecule has 0 aliphatic carbocycles. The number of nitrogens with zero attached hydrogens (tertiary/aromatic N) is 2. The number of nitrogens with one attached hydrogen (secondary N) is 2. The van der Waals surface area contributed by atoms with Gasteiger partial charge in [0.1, 0.15) is 0 Å². The summed E-state index contributed by atoms with van der Waals surface area (Å²) in [4.78, 5) is 18.6. The number of halogens is 1. The normalized spacial score (nSPS) is 16.0. The van der Waals surface area contributed by atoms with E-state index in [9.17, 15) is 4.79 Å². The molecular weight excluding hydrogens is 340 g/mol. The maximum Gasteiger partial charge on any atom is 0.251 e. The van der Waals surface area contributed by atoms with E-state index in [0.29, 0.717) is 29.8 Å². The van der Waals surface area contributed by atoms with Gasteiger partial charge in [-0.3, -0.25) is 9.79 Å².